The molecule has 0 aromatic heterocycles. The predicted molar refractivity (Wildman–Crippen MR) is 59.6 cm³/mol. The summed E-state index contributed by atoms with van der Waals surface area (Å²) in [6.45, 7) is 8.30. The molecule has 0 spiro atoms. The summed E-state index contributed by atoms with van der Waals surface area (Å²) in [5.41, 5.74) is -0.705. The molecule has 0 saturated heterocycles. The van der Waals surface area contributed by atoms with Crippen molar-refractivity contribution in [3.05, 3.63) is 0 Å². The Hall–Kier alpha value is -0.610. The molecule has 15 heavy (non-hydrogen) atoms. The van der Waals surface area contributed by atoms with Crippen LogP contribution in [0.15, 0.2) is 0 Å². The lowest BCUT2D eigenvalue weighted by Gasteiger charge is -2.24. The third kappa shape index (κ3) is 7.33. The maximum atomic E-state index is 11.1. The Morgan fingerprint density at radius 2 is 2.13 bits per heavy atom. The smallest absolute Gasteiger partial charge is 0.307 e. The second-order valence-electron chi connectivity index (χ2n) is 4.14. The molecule has 0 aliphatic rings. The van der Waals surface area contributed by atoms with E-state index in [1.54, 1.807) is 13.8 Å². The monoisotopic (exact) mass is 217 g/mol. The Bertz CT molecular complexity index is 192. The first kappa shape index (κ1) is 14.4. The van der Waals surface area contributed by atoms with Crippen LogP contribution in [-0.4, -0.2) is 35.9 Å². The maximum Gasteiger partial charge on any atom is 0.307 e. The SMILES string of the molecule is CCOC(=O)CC(C)NCC(C)(O)CC. The van der Waals surface area contributed by atoms with Crippen LogP contribution in [0.5, 0.6) is 0 Å². The van der Waals surface area contributed by atoms with Crippen LogP contribution in [0.25, 0.3) is 0 Å². The molecule has 2 atom stereocenters. The molecule has 4 heteroatoms. The molecule has 4 nitrogen and oxygen atoms in total. The number of rotatable bonds is 7. The Balaban J connectivity index is 3.75. The van der Waals surface area contributed by atoms with Gasteiger partial charge in [0, 0.05) is 12.6 Å². The van der Waals surface area contributed by atoms with Gasteiger partial charge in [-0.25, -0.2) is 0 Å². The van der Waals surface area contributed by atoms with Crippen LogP contribution in [0.4, 0.5) is 0 Å². The van der Waals surface area contributed by atoms with E-state index in [1.165, 1.54) is 0 Å². The largest absolute Gasteiger partial charge is 0.466 e. The quantitative estimate of drug-likeness (QED) is 0.626. The lowest BCUT2D eigenvalue weighted by molar-refractivity contribution is -0.143. The standard InChI is InChI=1S/C11H23NO3/c1-5-11(4,14)8-12-9(3)7-10(13)15-6-2/h9,12,14H,5-8H2,1-4H3. The third-order valence-corrected chi connectivity index (χ3v) is 2.37. The highest BCUT2D eigenvalue weighted by atomic mass is 16.5. The molecule has 2 N–H and O–H groups in total. The molecule has 90 valence electrons. The molecule has 0 amide bonds. The van der Waals surface area contributed by atoms with Crippen molar-refractivity contribution in [1.82, 2.24) is 5.32 Å². The first-order valence-electron chi connectivity index (χ1n) is 5.52. The predicted octanol–water partition coefficient (Wildman–Crippen LogP) is 1.08. The van der Waals surface area contributed by atoms with E-state index in [-0.39, 0.29) is 12.0 Å². The molecule has 2 unspecified atom stereocenters. The van der Waals surface area contributed by atoms with Crippen LogP contribution in [0, 0.1) is 0 Å². The van der Waals surface area contributed by atoms with Crippen LogP contribution >= 0.6 is 0 Å². The summed E-state index contributed by atoms with van der Waals surface area (Å²) in [5.74, 6) is -0.200. The van der Waals surface area contributed by atoms with Gasteiger partial charge in [-0.3, -0.25) is 4.79 Å². The molecule has 0 saturated carbocycles. The number of carbonyl (C=O) groups excluding carboxylic acids is 1. The van der Waals surface area contributed by atoms with Crippen molar-refractivity contribution < 1.29 is 14.6 Å². The van der Waals surface area contributed by atoms with Gasteiger partial charge in [0.2, 0.25) is 0 Å². The van der Waals surface area contributed by atoms with Crippen molar-refractivity contribution in [2.24, 2.45) is 0 Å². The average Bonchev–Trinajstić information content (AvgIpc) is 2.15. The van der Waals surface area contributed by atoms with Crippen LogP contribution in [0.1, 0.15) is 40.5 Å². The lowest BCUT2D eigenvalue weighted by atomic mass is 10.0. The van der Waals surface area contributed by atoms with Gasteiger partial charge in [-0.05, 0) is 27.2 Å². The second kappa shape index (κ2) is 6.80. The normalized spacial score (nSPS) is 16.9. The first-order chi connectivity index (χ1) is 6.91. The van der Waals surface area contributed by atoms with E-state index < -0.39 is 5.60 Å². The van der Waals surface area contributed by atoms with E-state index in [4.69, 9.17) is 4.74 Å². The molecule has 0 aliphatic heterocycles. The molecule has 0 bridgehead atoms. The summed E-state index contributed by atoms with van der Waals surface area (Å²) in [4.78, 5) is 11.1. The van der Waals surface area contributed by atoms with Crippen LogP contribution in [0.2, 0.25) is 0 Å². The van der Waals surface area contributed by atoms with E-state index in [2.05, 4.69) is 5.32 Å². The highest BCUT2D eigenvalue weighted by Crippen LogP contribution is 2.07. The number of esters is 1. The Morgan fingerprint density at radius 3 is 2.60 bits per heavy atom. The van der Waals surface area contributed by atoms with Gasteiger partial charge in [-0.2, -0.15) is 0 Å². The third-order valence-electron chi connectivity index (χ3n) is 2.37. The number of aliphatic hydroxyl groups is 1. The molecule has 0 fully saturated rings. The minimum absolute atomic E-state index is 0.0297. The molecule has 0 heterocycles. The minimum Gasteiger partial charge on any atom is -0.466 e. The number of carbonyl (C=O) groups is 1. The van der Waals surface area contributed by atoms with Crippen molar-refractivity contribution in [1.29, 1.82) is 0 Å². The Labute approximate surface area is 92.0 Å². The van der Waals surface area contributed by atoms with E-state index >= 15 is 0 Å². The van der Waals surface area contributed by atoms with E-state index in [0.29, 0.717) is 26.0 Å². The van der Waals surface area contributed by atoms with Crippen LogP contribution < -0.4 is 5.32 Å². The number of nitrogens with one attached hydrogen (secondary N) is 1. The van der Waals surface area contributed by atoms with Crippen molar-refractivity contribution in [3.63, 3.8) is 0 Å². The molecule has 0 radical (unpaired) electrons. The van der Waals surface area contributed by atoms with Crippen molar-refractivity contribution in [2.75, 3.05) is 13.2 Å². The molecule has 0 rings (SSSR count). The number of hydrogen-bond acceptors (Lipinski definition) is 4. The van der Waals surface area contributed by atoms with E-state index in [0.717, 1.165) is 0 Å². The fraction of sp³-hybridized carbons (Fsp3) is 0.909. The highest BCUT2D eigenvalue weighted by molar-refractivity contribution is 5.69. The Morgan fingerprint density at radius 1 is 1.53 bits per heavy atom. The van der Waals surface area contributed by atoms with Crippen LogP contribution in [0.3, 0.4) is 0 Å². The zero-order valence-corrected chi connectivity index (χ0v) is 10.2. The summed E-state index contributed by atoms with van der Waals surface area (Å²) in [5, 5.41) is 12.8. The summed E-state index contributed by atoms with van der Waals surface area (Å²) in [6, 6.07) is 0.0297. The van der Waals surface area contributed by atoms with Gasteiger partial charge in [-0.15, -0.1) is 0 Å². The van der Waals surface area contributed by atoms with Gasteiger partial charge in [0.05, 0.1) is 18.6 Å². The van der Waals surface area contributed by atoms with Gasteiger partial charge in [-0.1, -0.05) is 6.92 Å². The summed E-state index contributed by atoms with van der Waals surface area (Å²) >= 11 is 0. The molecule has 0 aliphatic carbocycles. The topological polar surface area (TPSA) is 58.6 Å². The van der Waals surface area contributed by atoms with Gasteiger partial charge in [0.25, 0.3) is 0 Å². The summed E-state index contributed by atoms with van der Waals surface area (Å²) in [7, 11) is 0. The Kier molecular flexibility index (Phi) is 6.52. The fourth-order valence-electron chi connectivity index (χ4n) is 1.06. The van der Waals surface area contributed by atoms with Crippen LogP contribution in [-0.2, 0) is 9.53 Å². The fourth-order valence-corrected chi connectivity index (χ4v) is 1.06. The molecule has 0 aromatic carbocycles. The zero-order chi connectivity index (χ0) is 11.9. The lowest BCUT2D eigenvalue weighted by Crippen LogP contribution is -2.41. The van der Waals surface area contributed by atoms with E-state index in [9.17, 15) is 9.90 Å². The van der Waals surface area contributed by atoms with Crippen molar-refractivity contribution >= 4 is 5.97 Å². The highest BCUT2D eigenvalue weighted by Gasteiger charge is 2.19. The minimum atomic E-state index is -0.705. The maximum absolute atomic E-state index is 11.1. The van der Waals surface area contributed by atoms with Gasteiger partial charge < -0.3 is 15.2 Å². The molecular weight excluding hydrogens is 194 g/mol. The number of ether oxygens (including phenoxy) is 1. The van der Waals surface area contributed by atoms with Gasteiger partial charge in [0.15, 0.2) is 0 Å². The molecule has 0 aromatic rings. The van der Waals surface area contributed by atoms with Gasteiger partial charge in [0.1, 0.15) is 0 Å². The first-order valence-corrected chi connectivity index (χ1v) is 5.52. The second-order valence-corrected chi connectivity index (χ2v) is 4.14. The van der Waals surface area contributed by atoms with E-state index in [1.807, 2.05) is 13.8 Å². The van der Waals surface area contributed by atoms with Gasteiger partial charge >= 0.3 is 5.97 Å². The molecular formula is C11H23NO3. The average molecular weight is 217 g/mol. The zero-order valence-electron chi connectivity index (χ0n) is 10.2. The summed E-state index contributed by atoms with van der Waals surface area (Å²) in [6.07, 6.45) is 1.03. The van der Waals surface area contributed by atoms with Crippen molar-refractivity contribution in [2.45, 2.75) is 52.2 Å². The van der Waals surface area contributed by atoms with Crippen molar-refractivity contribution in [3.8, 4) is 0 Å². The number of hydrogen-bond donors (Lipinski definition) is 2. The summed E-state index contributed by atoms with van der Waals surface area (Å²) < 4.78 is 4.83.